The van der Waals surface area contributed by atoms with Gasteiger partial charge in [-0.15, -0.1) is 0 Å². The molecule has 0 aliphatic carbocycles. The number of halogens is 1. The summed E-state index contributed by atoms with van der Waals surface area (Å²) >= 11 is 4.22. The third-order valence-corrected chi connectivity index (χ3v) is 4.76. The highest BCUT2D eigenvalue weighted by Crippen LogP contribution is 2.39. The van der Waals surface area contributed by atoms with Crippen molar-refractivity contribution in [1.82, 2.24) is 4.90 Å². The van der Waals surface area contributed by atoms with Crippen LogP contribution in [0.25, 0.3) is 6.08 Å². The van der Waals surface area contributed by atoms with Crippen molar-refractivity contribution in [3.05, 3.63) is 27.1 Å². The van der Waals surface area contributed by atoms with Crippen LogP contribution in [0.5, 0.6) is 11.5 Å². The molecule has 3 amide bonds. The molecule has 0 atom stereocenters. The Balaban J connectivity index is 2.34. The standard InChI is InChI=1S/C17H19BrN2O5S/c1-3-5-25-15-11(18)6-10(7-12(15)24-4-2)8-13-16(22)20(9-14(19)21)17(23)26-13/h6-8H,3-5,9H2,1-2H3,(H2,19,21)/b13-8-. The number of rotatable bonds is 8. The van der Waals surface area contributed by atoms with Crippen molar-refractivity contribution in [2.24, 2.45) is 5.73 Å². The summed E-state index contributed by atoms with van der Waals surface area (Å²) in [6, 6.07) is 3.51. The molecular formula is C17H19BrN2O5S. The Morgan fingerprint density at radius 2 is 2.04 bits per heavy atom. The first kappa shape index (κ1) is 20.3. The number of ether oxygens (including phenoxy) is 2. The van der Waals surface area contributed by atoms with Gasteiger partial charge in [-0.2, -0.15) is 0 Å². The fourth-order valence-corrected chi connectivity index (χ4v) is 3.63. The largest absolute Gasteiger partial charge is 0.490 e. The van der Waals surface area contributed by atoms with Gasteiger partial charge in [-0.3, -0.25) is 19.3 Å². The number of imide groups is 1. The van der Waals surface area contributed by atoms with Gasteiger partial charge < -0.3 is 15.2 Å². The number of nitrogens with two attached hydrogens (primary N) is 1. The first-order valence-electron chi connectivity index (χ1n) is 8.00. The van der Waals surface area contributed by atoms with Gasteiger partial charge in [-0.1, -0.05) is 6.92 Å². The number of nitrogens with zero attached hydrogens (tertiary/aromatic N) is 1. The molecule has 1 aromatic rings. The number of hydrogen-bond acceptors (Lipinski definition) is 6. The maximum atomic E-state index is 12.3. The molecule has 0 radical (unpaired) electrons. The number of amides is 3. The lowest BCUT2D eigenvalue weighted by molar-refractivity contribution is -0.127. The van der Waals surface area contributed by atoms with E-state index in [9.17, 15) is 14.4 Å². The number of primary amides is 1. The lowest BCUT2D eigenvalue weighted by Crippen LogP contribution is -2.36. The summed E-state index contributed by atoms with van der Waals surface area (Å²) in [6.07, 6.45) is 2.43. The first-order valence-corrected chi connectivity index (χ1v) is 9.61. The van der Waals surface area contributed by atoms with Gasteiger partial charge in [0, 0.05) is 0 Å². The van der Waals surface area contributed by atoms with Crippen LogP contribution in [0, 0.1) is 0 Å². The van der Waals surface area contributed by atoms with Crippen LogP contribution in [0.15, 0.2) is 21.5 Å². The van der Waals surface area contributed by atoms with E-state index < -0.39 is 23.6 Å². The summed E-state index contributed by atoms with van der Waals surface area (Å²) in [7, 11) is 0. The van der Waals surface area contributed by atoms with Gasteiger partial charge in [0.2, 0.25) is 5.91 Å². The zero-order chi connectivity index (χ0) is 19.3. The Morgan fingerprint density at radius 3 is 2.65 bits per heavy atom. The summed E-state index contributed by atoms with van der Waals surface area (Å²) in [5, 5.41) is -0.521. The second kappa shape index (κ2) is 9.09. The first-order chi connectivity index (χ1) is 12.4. The second-order valence-electron chi connectivity index (χ2n) is 5.35. The van der Waals surface area contributed by atoms with E-state index in [0.717, 1.165) is 23.1 Å². The van der Waals surface area contributed by atoms with Crippen molar-refractivity contribution in [2.75, 3.05) is 19.8 Å². The highest BCUT2D eigenvalue weighted by molar-refractivity contribution is 9.10. The van der Waals surface area contributed by atoms with Gasteiger partial charge in [-0.25, -0.2) is 0 Å². The molecule has 0 saturated carbocycles. The van der Waals surface area contributed by atoms with E-state index in [0.29, 0.717) is 34.7 Å². The van der Waals surface area contributed by atoms with Crippen LogP contribution in [0.1, 0.15) is 25.8 Å². The molecule has 0 aromatic heterocycles. The number of hydrogen-bond donors (Lipinski definition) is 1. The van der Waals surface area contributed by atoms with Gasteiger partial charge in [0.1, 0.15) is 6.54 Å². The number of carbonyl (C=O) groups excluding carboxylic acids is 3. The van der Waals surface area contributed by atoms with Crippen LogP contribution in [0.4, 0.5) is 4.79 Å². The summed E-state index contributed by atoms with van der Waals surface area (Å²) in [4.78, 5) is 36.2. The quantitative estimate of drug-likeness (QED) is 0.620. The van der Waals surface area contributed by atoms with Crippen molar-refractivity contribution >= 4 is 50.8 Å². The molecule has 1 aliphatic rings. The molecule has 7 nitrogen and oxygen atoms in total. The summed E-state index contributed by atoms with van der Waals surface area (Å²) < 4.78 is 12.0. The molecule has 0 bridgehead atoms. The zero-order valence-corrected chi connectivity index (χ0v) is 16.8. The van der Waals surface area contributed by atoms with Crippen molar-refractivity contribution in [3.8, 4) is 11.5 Å². The minimum atomic E-state index is -0.743. The van der Waals surface area contributed by atoms with Crippen molar-refractivity contribution in [1.29, 1.82) is 0 Å². The molecule has 1 saturated heterocycles. The Morgan fingerprint density at radius 1 is 1.31 bits per heavy atom. The normalized spacial score (nSPS) is 15.7. The maximum Gasteiger partial charge on any atom is 0.294 e. The molecule has 2 rings (SSSR count). The summed E-state index contributed by atoms with van der Waals surface area (Å²) in [5.74, 6) is -0.155. The average molecular weight is 443 g/mol. The zero-order valence-electron chi connectivity index (χ0n) is 14.4. The predicted octanol–water partition coefficient (Wildman–Crippen LogP) is 3.16. The monoisotopic (exact) mass is 442 g/mol. The van der Waals surface area contributed by atoms with Crippen LogP contribution in [0.3, 0.4) is 0 Å². The fourth-order valence-electron chi connectivity index (χ4n) is 2.22. The van der Waals surface area contributed by atoms with E-state index in [1.54, 1.807) is 18.2 Å². The molecule has 1 fully saturated rings. The van der Waals surface area contributed by atoms with E-state index in [1.807, 2.05) is 13.8 Å². The van der Waals surface area contributed by atoms with E-state index in [-0.39, 0.29) is 4.91 Å². The lowest BCUT2D eigenvalue weighted by Gasteiger charge is -2.14. The van der Waals surface area contributed by atoms with E-state index >= 15 is 0 Å². The smallest absolute Gasteiger partial charge is 0.294 e. The van der Waals surface area contributed by atoms with Gasteiger partial charge in [-0.05, 0) is 64.8 Å². The Labute approximate surface area is 164 Å². The van der Waals surface area contributed by atoms with Crippen molar-refractivity contribution in [2.45, 2.75) is 20.3 Å². The topological polar surface area (TPSA) is 98.9 Å². The number of carbonyl (C=O) groups is 3. The number of thioether (sulfide) groups is 1. The van der Waals surface area contributed by atoms with Gasteiger partial charge in [0.05, 0.1) is 22.6 Å². The fraction of sp³-hybridized carbons (Fsp3) is 0.353. The Bertz CT molecular complexity index is 766. The van der Waals surface area contributed by atoms with Crippen molar-refractivity contribution < 1.29 is 23.9 Å². The SMILES string of the molecule is CCCOc1c(Br)cc(/C=C2\SC(=O)N(CC(N)=O)C2=O)cc1OCC. The van der Waals surface area contributed by atoms with Gasteiger partial charge in [0.25, 0.3) is 11.1 Å². The molecule has 2 N–H and O–H groups in total. The molecular weight excluding hydrogens is 424 g/mol. The van der Waals surface area contributed by atoms with Crippen LogP contribution in [-0.4, -0.2) is 41.7 Å². The molecule has 140 valence electrons. The average Bonchev–Trinajstić information content (AvgIpc) is 2.81. The minimum Gasteiger partial charge on any atom is -0.490 e. The second-order valence-corrected chi connectivity index (χ2v) is 7.19. The third kappa shape index (κ3) is 4.79. The third-order valence-electron chi connectivity index (χ3n) is 3.27. The van der Waals surface area contributed by atoms with Gasteiger partial charge >= 0.3 is 0 Å². The Kier molecular flexibility index (Phi) is 7.10. The molecule has 1 aliphatic heterocycles. The minimum absolute atomic E-state index is 0.216. The highest BCUT2D eigenvalue weighted by Gasteiger charge is 2.35. The van der Waals surface area contributed by atoms with Crippen LogP contribution >= 0.6 is 27.7 Å². The van der Waals surface area contributed by atoms with E-state index in [2.05, 4.69) is 15.9 Å². The molecule has 1 aromatic carbocycles. The lowest BCUT2D eigenvalue weighted by atomic mass is 10.2. The summed E-state index contributed by atoms with van der Waals surface area (Å²) in [5.41, 5.74) is 5.73. The molecule has 0 unspecified atom stereocenters. The number of benzene rings is 1. The van der Waals surface area contributed by atoms with Gasteiger partial charge in [0.15, 0.2) is 11.5 Å². The molecule has 9 heteroatoms. The highest BCUT2D eigenvalue weighted by atomic mass is 79.9. The molecule has 26 heavy (non-hydrogen) atoms. The maximum absolute atomic E-state index is 12.3. The van der Waals surface area contributed by atoms with E-state index in [1.165, 1.54) is 0 Å². The van der Waals surface area contributed by atoms with Crippen LogP contribution in [0.2, 0.25) is 0 Å². The van der Waals surface area contributed by atoms with Crippen LogP contribution in [-0.2, 0) is 9.59 Å². The predicted molar refractivity (Wildman–Crippen MR) is 103 cm³/mol. The van der Waals surface area contributed by atoms with Crippen LogP contribution < -0.4 is 15.2 Å². The summed E-state index contributed by atoms with van der Waals surface area (Å²) in [6.45, 7) is 4.43. The molecule has 1 heterocycles. The van der Waals surface area contributed by atoms with Crippen molar-refractivity contribution in [3.63, 3.8) is 0 Å². The Hall–Kier alpha value is -2.00. The molecule has 0 spiro atoms. The van der Waals surface area contributed by atoms with E-state index in [4.69, 9.17) is 15.2 Å².